The molecule has 3 rings (SSSR count). The summed E-state index contributed by atoms with van der Waals surface area (Å²) in [4.78, 5) is 29.6. The topological polar surface area (TPSA) is 101 Å². The first-order chi connectivity index (χ1) is 13.0. The van der Waals surface area contributed by atoms with Crippen LogP contribution >= 0.6 is 0 Å². The third-order valence-corrected chi connectivity index (χ3v) is 4.45. The van der Waals surface area contributed by atoms with Crippen LogP contribution in [0.1, 0.15) is 29.8 Å². The lowest BCUT2D eigenvalue weighted by Gasteiger charge is -2.36. The SMILES string of the molecule is N[C@@H](CCCCNC(=O)c1coc(-c2ccccc2)n1)C(=O)N1CC(F)C1. The van der Waals surface area contributed by atoms with Gasteiger partial charge >= 0.3 is 0 Å². The van der Waals surface area contributed by atoms with Gasteiger partial charge in [-0.3, -0.25) is 9.59 Å². The van der Waals surface area contributed by atoms with Crippen molar-refractivity contribution < 1.29 is 18.4 Å². The Morgan fingerprint density at radius 1 is 1.30 bits per heavy atom. The molecule has 1 saturated heterocycles. The number of nitrogens with zero attached hydrogens (tertiary/aromatic N) is 2. The fraction of sp³-hybridized carbons (Fsp3) is 0.421. The number of rotatable bonds is 8. The molecule has 1 fully saturated rings. The average Bonchev–Trinajstić information content (AvgIpc) is 3.15. The van der Waals surface area contributed by atoms with Gasteiger partial charge in [0.05, 0.1) is 19.1 Å². The van der Waals surface area contributed by atoms with Crippen LogP contribution in [0.4, 0.5) is 4.39 Å². The number of oxazole rings is 1. The molecule has 0 bridgehead atoms. The van der Waals surface area contributed by atoms with Crippen molar-refractivity contribution in [2.75, 3.05) is 19.6 Å². The lowest BCUT2D eigenvalue weighted by atomic mass is 10.1. The van der Waals surface area contributed by atoms with Crippen LogP contribution in [0, 0.1) is 0 Å². The zero-order valence-corrected chi connectivity index (χ0v) is 14.9. The number of hydrogen-bond donors (Lipinski definition) is 2. The summed E-state index contributed by atoms with van der Waals surface area (Å²) in [5.41, 5.74) is 6.86. The number of nitrogens with two attached hydrogens (primary N) is 1. The minimum Gasteiger partial charge on any atom is -0.444 e. The number of aromatic nitrogens is 1. The van der Waals surface area contributed by atoms with Gasteiger partial charge in [0.25, 0.3) is 5.91 Å². The van der Waals surface area contributed by atoms with Crippen molar-refractivity contribution in [2.24, 2.45) is 5.73 Å². The van der Waals surface area contributed by atoms with E-state index in [2.05, 4.69) is 10.3 Å². The van der Waals surface area contributed by atoms with Crippen molar-refractivity contribution in [1.29, 1.82) is 0 Å². The molecule has 2 aromatic rings. The summed E-state index contributed by atoms with van der Waals surface area (Å²) in [6, 6.07) is 8.72. The smallest absolute Gasteiger partial charge is 0.273 e. The van der Waals surface area contributed by atoms with Gasteiger partial charge in [-0.25, -0.2) is 9.37 Å². The first kappa shape index (κ1) is 19.0. The summed E-state index contributed by atoms with van der Waals surface area (Å²) < 4.78 is 18.1. The van der Waals surface area contributed by atoms with E-state index in [4.69, 9.17) is 10.2 Å². The van der Waals surface area contributed by atoms with Gasteiger partial charge in [-0.05, 0) is 31.4 Å². The molecule has 1 aromatic carbocycles. The van der Waals surface area contributed by atoms with Crippen LogP contribution in [0.25, 0.3) is 11.5 Å². The molecule has 7 nitrogen and oxygen atoms in total. The van der Waals surface area contributed by atoms with Crippen molar-refractivity contribution >= 4 is 11.8 Å². The van der Waals surface area contributed by atoms with Crippen LogP contribution in [0.15, 0.2) is 41.0 Å². The molecule has 27 heavy (non-hydrogen) atoms. The van der Waals surface area contributed by atoms with Crippen LogP contribution < -0.4 is 11.1 Å². The van der Waals surface area contributed by atoms with Gasteiger partial charge in [0.2, 0.25) is 11.8 Å². The number of unbranched alkanes of at least 4 members (excludes halogenated alkanes) is 1. The van der Waals surface area contributed by atoms with E-state index in [-0.39, 0.29) is 30.6 Å². The quantitative estimate of drug-likeness (QED) is 0.686. The zero-order chi connectivity index (χ0) is 19.2. The maximum atomic E-state index is 12.8. The van der Waals surface area contributed by atoms with Gasteiger partial charge < -0.3 is 20.4 Å². The fourth-order valence-corrected chi connectivity index (χ4v) is 2.84. The number of benzene rings is 1. The molecule has 0 aliphatic carbocycles. The monoisotopic (exact) mass is 374 g/mol. The van der Waals surface area contributed by atoms with Crippen molar-refractivity contribution in [2.45, 2.75) is 31.5 Å². The van der Waals surface area contributed by atoms with Crippen molar-refractivity contribution in [3.05, 3.63) is 42.3 Å². The largest absolute Gasteiger partial charge is 0.444 e. The maximum Gasteiger partial charge on any atom is 0.273 e. The molecule has 1 aliphatic heterocycles. The van der Waals surface area contributed by atoms with Crippen LogP contribution in [0.2, 0.25) is 0 Å². The molecule has 1 atom stereocenters. The second kappa shape index (κ2) is 8.77. The summed E-state index contributed by atoms with van der Waals surface area (Å²) in [5.74, 6) is -0.119. The number of halogens is 1. The van der Waals surface area contributed by atoms with E-state index in [1.165, 1.54) is 11.2 Å². The number of likely N-dealkylation sites (tertiary alicyclic amines) is 1. The highest BCUT2D eigenvalue weighted by Gasteiger charge is 2.32. The predicted molar refractivity (Wildman–Crippen MR) is 97.6 cm³/mol. The van der Waals surface area contributed by atoms with Crippen LogP contribution in [0.5, 0.6) is 0 Å². The van der Waals surface area contributed by atoms with Gasteiger partial charge in [0.1, 0.15) is 12.4 Å². The van der Waals surface area contributed by atoms with E-state index in [0.717, 1.165) is 5.56 Å². The normalized spacial score (nSPS) is 15.3. The van der Waals surface area contributed by atoms with E-state index in [1.807, 2.05) is 30.3 Å². The molecule has 1 aromatic heterocycles. The lowest BCUT2D eigenvalue weighted by Crippen LogP contribution is -2.56. The van der Waals surface area contributed by atoms with E-state index < -0.39 is 12.2 Å². The number of hydrogen-bond acceptors (Lipinski definition) is 5. The van der Waals surface area contributed by atoms with Gasteiger partial charge in [0, 0.05) is 12.1 Å². The molecule has 2 amide bonds. The second-order valence-corrected chi connectivity index (χ2v) is 6.60. The van der Waals surface area contributed by atoms with Crippen molar-refractivity contribution in [3.8, 4) is 11.5 Å². The summed E-state index contributed by atoms with van der Waals surface area (Å²) in [7, 11) is 0. The Morgan fingerprint density at radius 3 is 2.74 bits per heavy atom. The maximum absolute atomic E-state index is 12.8. The number of nitrogens with one attached hydrogen (secondary N) is 1. The minimum atomic E-state index is -0.921. The van der Waals surface area contributed by atoms with E-state index in [1.54, 1.807) is 0 Å². The number of carbonyl (C=O) groups excluding carboxylic acids is 2. The van der Waals surface area contributed by atoms with Crippen molar-refractivity contribution in [3.63, 3.8) is 0 Å². The van der Waals surface area contributed by atoms with Crippen LogP contribution in [0.3, 0.4) is 0 Å². The lowest BCUT2D eigenvalue weighted by molar-refractivity contribution is -0.139. The molecule has 0 radical (unpaired) electrons. The second-order valence-electron chi connectivity index (χ2n) is 6.60. The number of amides is 2. The number of alkyl halides is 1. The third-order valence-electron chi connectivity index (χ3n) is 4.45. The first-order valence-corrected chi connectivity index (χ1v) is 9.02. The van der Waals surface area contributed by atoms with Gasteiger partial charge in [-0.15, -0.1) is 0 Å². The standard InChI is InChI=1S/C19H23FN4O3/c20-14-10-24(11-14)19(26)15(21)8-4-5-9-22-17(25)16-12-27-18(23-16)13-6-2-1-3-7-13/h1-3,6-7,12,14-15H,4-5,8-11,21H2,(H,22,25)/t15-/m0/s1. The highest BCUT2D eigenvalue weighted by atomic mass is 19.1. The van der Waals surface area contributed by atoms with E-state index >= 15 is 0 Å². The summed E-state index contributed by atoms with van der Waals surface area (Å²) in [6.45, 7) is 0.736. The highest BCUT2D eigenvalue weighted by molar-refractivity contribution is 5.92. The van der Waals surface area contributed by atoms with E-state index in [0.29, 0.717) is 31.7 Å². The Morgan fingerprint density at radius 2 is 2.04 bits per heavy atom. The summed E-state index contributed by atoms with van der Waals surface area (Å²) in [6.07, 6.45) is 2.29. The van der Waals surface area contributed by atoms with Gasteiger partial charge in [0.15, 0.2) is 5.69 Å². The molecule has 0 unspecified atom stereocenters. The van der Waals surface area contributed by atoms with Crippen LogP contribution in [-0.2, 0) is 4.79 Å². The molecule has 0 saturated carbocycles. The molecule has 2 heterocycles. The van der Waals surface area contributed by atoms with E-state index in [9.17, 15) is 14.0 Å². The van der Waals surface area contributed by atoms with Gasteiger partial charge in [-0.1, -0.05) is 18.2 Å². The van der Waals surface area contributed by atoms with Crippen LogP contribution in [-0.4, -0.2) is 53.5 Å². The molecule has 1 aliphatic rings. The van der Waals surface area contributed by atoms with Gasteiger partial charge in [-0.2, -0.15) is 0 Å². The Kier molecular flexibility index (Phi) is 6.18. The minimum absolute atomic E-state index is 0.144. The molecule has 0 spiro atoms. The molecule has 3 N–H and O–H groups in total. The average molecular weight is 374 g/mol. The first-order valence-electron chi connectivity index (χ1n) is 9.02. The predicted octanol–water partition coefficient (Wildman–Crippen LogP) is 1.75. The Balaban J connectivity index is 1.35. The van der Waals surface area contributed by atoms with Crippen molar-refractivity contribution in [1.82, 2.24) is 15.2 Å². The fourth-order valence-electron chi connectivity index (χ4n) is 2.84. The zero-order valence-electron chi connectivity index (χ0n) is 14.9. The molecular weight excluding hydrogens is 351 g/mol. The highest BCUT2D eigenvalue weighted by Crippen LogP contribution is 2.18. The third kappa shape index (κ3) is 4.91. The summed E-state index contributed by atoms with van der Waals surface area (Å²) in [5, 5.41) is 2.77. The Bertz CT molecular complexity index is 774. The Hall–Kier alpha value is -2.74. The summed E-state index contributed by atoms with van der Waals surface area (Å²) >= 11 is 0. The number of carbonyl (C=O) groups is 2. The Labute approximate surface area is 156 Å². The molecule has 8 heteroatoms. The molecular formula is C19H23FN4O3. The molecule has 144 valence electrons.